The molecule has 0 saturated heterocycles. The maximum Gasteiger partial charge on any atom is 0.290 e. The highest BCUT2D eigenvalue weighted by atomic mass is 16.5. The quantitative estimate of drug-likeness (QED) is 0.207. The second-order valence-electron chi connectivity index (χ2n) is 9.63. The number of aliphatic hydroxyl groups excluding tert-OH is 1. The number of carbonyl (C=O) groups excluding carboxylic acids is 2. The van der Waals surface area contributed by atoms with Gasteiger partial charge in [0.15, 0.2) is 11.5 Å². The number of ether oxygens (including phenoxy) is 1. The SMILES string of the molecule is CCCCCCOc1ccc(C2C(C(=O)/C=C/c3ccccc3)=C(O)C(=O)N2CCCN(CC)CC)cc1. The van der Waals surface area contributed by atoms with Crippen molar-refractivity contribution in [1.82, 2.24) is 9.80 Å². The van der Waals surface area contributed by atoms with E-state index in [0.29, 0.717) is 13.2 Å². The molecule has 204 valence electrons. The average Bonchev–Trinajstić information content (AvgIpc) is 3.20. The number of nitrogens with zero attached hydrogens (tertiary/aromatic N) is 2. The van der Waals surface area contributed by atoms with E-state index >= 15 is 0 Å². The summed E-state index contributed by atoms with van der Waals surface area (Å²) in [5.74, 6) is -0.570. The third-order valence-electron chi connectivity index (χ3n) is 7.03. The van der Waals surface area contributed by atoms with Crippen LogP contribution in [-0.2, 0) is 9.59 Å². The van der Waals surface area contributed by atoms with E-state index in [4.69, 9.17) is 4.74 Å². The van der Waals surface area contributed by atoms with Crippen molar-refractivity contribution in [3.8, 4) is 5.75 Å². The molecular formula is C32H42N2O4. The number of amides is 1. The molecule has 1 N–H and O–H groups in total. The van der Waals surface area contributed by atoms with Gasteiger partial charge in [0.2, 0.25) is 0 Å². The van der Waals surface area contributed by atoms with Gasteiger partial charge in [0.25, 0.3) is 5.91 Å². The van der Waals surface area contributed by atoms with Gasteiger partial charge in [0.05, 0.1) is 18.2 Å². The molecule has 3 rings (SSSR count). The molecule has 1 amide bonds. The fourth-order valence-corrected chi connectivity index (χ4v) is 4.78. The van der Waals surface area contributed by atoms with Crippen molar-refractivity contribution in [3.63, 3.8) is 0 Å². The van der Waals surface area contributed by atoms with Gasteiger partial charge >= 0.3 is 0 Å². The summed E-state index contributed by atoms with van der Waals surface area (Å²) >= 11 is 0. The van der Waals surface area contributed by atoms with Gasteiger partial charge in [-0.25, -0.2) is 0 Å². The summed E-state index contributed by atoms with van der Waals surface area (Å²) in [7, 11) is 0. The van der Waals surface area contributed by atoms with Gasteiger partial charge in [0.1, 0.15) is 5.75 Å². The summed E-state index contributed by atoms with van der Waals surface area (Å²) in [4.78, 5) is 30.5. The van der Waals surface area contributed by atoms with Crippen molar-refractivity contribution in [2.75, 3.05) is 32.8 Å². The van der Waals surface area contributed by atoms with Crippen LogP contribution in [-0.4, -0.2) is 59.4 Å². The molecule has 0 spiro atoms. The number of allylic oxidation sites excluding steroid dienone is 1. The van der Waals surface area contributed by atoms with Crippen LogP contribution in [0.15, 0.2) is 72.0 Å². The lowest BCUT2D eigenvalue weighted by Gasteiger charge is -2.28. The van der Waals surface area contributed by atoms with Crippen molar-refractivity contribution >= 4 is 17.8 Å². The minimum absolute atomic E-state index is 0.123. The molecule has 1 atom stereocenters. The highest BCUT2D eigenvalue weighted by Crippen LogP contribution is 2.38. The van der Waals surface area contributed by atoms with E-state index in [1.165, 1.54) is 18.9 Å². The van der Waals surface area contributed by atoms with E-state index in [0.717, 1.165) is 55.8 Å². The third-order valence-corrected chi connectivity index (χ3v) is 7.03. The monoisotopic (exact) mass is 518 g/mol. The lowest BCUT2D eigenvalue weighted by atomic mass is 9.95. The summed E-state index contributed by atoms with van der Waals surface area (Å²) in [5.41, 5.74) is 1.77. The zero-order valence-electron chi connectivity index (χ0n) is 23.1. The average molecular weight is 519 g/mol. The molecular weight excluding hydrogens is 476 g/mol. The number of ketones is 1. The zero-order valence-corrected chi connectivity index (χ0v) is 23.1. The standard InChI is InChI=1S/C32H42N2O4/c1-4-7-8-12-24-38-27-19-17-26(18-20-27)30-29(28(35)21-16-25-14-10-9-11-15-25)31(36)32(37)34(30)23-13-22-33(5-2)6-3/h9-11,14-21,30,36H,4-8,12-13,22-24H2,1-3H3/b21-16+. The first-order valence-electron chi connectivity index (χ1n) is 14.0. The van der Waals surface area contributed by atoms with Gasteiger partial charge in [-0.2, -0.15) is 0 Å². The Kier molecular flexibility index (Phi) is 11.6. The summed E-state index contributed by atoms with van der Waals surface area (Å²) in [6.45, 7) is 10.2. The summed E-state index contributed by atoms with van der Waals surface area (Å²) in [6.07, 6.45) is 8.44. The van der Waals surface area contributed by atoms with Crippen LogP contribution in [0, 0.1) is 0 Å². The smallest absolute Gasteiger partial charge is 0.290 e. The molecule has 6 heteroatoms. The normalized spacial score (nSPS) is 15.7. The lowest BCUT2D eigenvalue weighted by molar-refractivity contribution is -0.129. The molecule has 38 heavy (non-hydrogen) atoms. The molecule has 0 fully saturated rings. The van der Waals surface area contributed by atoms with Crippen LogP contribution >= 0.6 is 0 Å². The van der Waals surface area contributed by atoms with E-state index in [1.54, 1.807) is 11.0 Å². The largest absolute Gasteiger partial charge is 0.503 e. The Morgan fingerprint density at radius 1 is 0.974 bits per heavy atom. The first kappa shape index (κ1) is 29.2. The minimum Gasteiger partial charge on any atom is -0.503 e. The van der Waals surface area contributed by atoms with Gasteiger partial charge in [-0.05, 0) is 61.8 Å². The number of aliphatic hydroxyl groups is 1. The summed E-state index contributed by atoms with van der Waals surface area (Å²) < 4.78 is 5.89. The van der Waals surface area contributed by atoms with E-state index < -0.39 is 17.7 Å². The molecule has 1 aliphatic heterocycles. The van der Waals surface area contributed by atoms with E-state index in [9.17, 15) is 14.7 Å². The van der Waals surface area contributed by atoms with E-state index in [1.807, 2.05) is 54.6 Å². The fraction of sp³-hybridized carbons (Fsp3) is 0.438. The molecule has 1 aliphatic rings. The van der Waals surface area contributed by atoms with Crippen molar-refractivity contribution in [2.24, 2.45) is 0 Å². The molecule has 0 aromatic heterocycles. The lowest BCUT2D eigenvalue weighted by Crippen LogP contribution is -2.34. The molecule has 0 saturated carbocycles. The molecule has 6 nitrogen and oxygen atoms in total. The van der Waals surface area contributed by atoms with Crippen LogP contribution < -0.4 is 4.74 Å². The Hall–Kier alpha value is -3.38. The van der Waals surface area contributed by atoms with Crippen LogP contribution in [0.2, 0.25) is 0 Å². The number of unbranched alkanes of at least 4 members (excludes halogenated alkanes) is 3. The molecule has 2 aromatic rings. The minimum atomic E-state index is -0.647. The summed E-state index contributed by atoms with van der Waals surface area (Å²) in [6, 6.07) is 16.4. The number of hydrogen-bond donors (Lipinski definition) is 1. The van der Waals surface area contributed by atoms with Crippen molar-refractivity contribution in [3.05, 3.63) is 83.1 Å². The molecule has 0 radical (unpaired) electrons. The van der Waals surface area contributed by atoms with Crippen LogP contribution in [0.25, 0.3) is 6.08 Å². The van der Waals surface area contributed by atoms with Gasteiger partial charge in [0, 0.05) is 6.54 Å². The van der Waals surface area contributed by atoms with Crippen LogP contribution in [0.1, 0.15) is 70.0 Å². The van der Waals surface area contributed by atoms with E-state index in [2.05, 4.69) is 25.7 Å². The Labute approximate surface area is 227 Å². The molecule has 1 unspecified atom stereocenters. The first-order valence-corrected chi connectivity index (χ1v) is 14.0. The van der Waals surface area contributed by atoms with Gasteiger partial charge < -0.3 is 19.6 Å². The number of hydrogen-bond acceptors (Lipinski definition) is 5. The maximum absolute atomic E-state index is 13.4. The van der Waals surface area contributed by atoms with Crippen LogP contribution in [0.5, 0.6) is 5.75 Å². The Bertz CT molecular complexity index is 1090. The van der Waals surface area contributed by atoms with E-state index in [-0.39, 0.29) is 11.4 Å². The van der Waals surface area contributed by atoms with Crippen molar-refractivity contribution in [1.29, 1.82) is 0 Å². The van der Waals surface area contributed by atoms with Gasteiger partial charge in [-0.15, -0.1) is 0 Å². The second-order valence-corrected chi connectivity index (χ2v) is 9.63. The van der Waals surface area contributed by atoms with Crippen LogP contribution in [0.3, 0.4) is 0 Å². The Morgan fingerprint density at radius 2 is 1.68 bits per heavy atom. The van der Waals surface area contributed by atoms with Crippen molar-refractivity contribution in [2.45, 2.75) is 58.9 Å². The fourth-order valence-electron chi connectivity index (χ4n) is 4.78. The highest BCUT2D eigenvalue weighted by molar-refractivity contribution is 6.14. The zero-order chi connectivity index (χ0) is 27.3. The first-order chi connectivity index (χ1) is 18.5. The van der Waals surface area contributed by atoms with Crippen molar-refractivity contribution < 1.29 is 19.4 Å². The topological polar surface area (TPSA) is 70.1 Å². The number of benzene rings is 2. The Balaban J connectivity index is 1.82. The summed E-state index contributed by atoms with van der Waals surface area (Å²) in [5, 5.41) is 10.9. The Morgan fingerprint density at radius 3 is 2.34 bits per heavy atom. The molecule has 1 heterocycles. The number of carbonyl (C=O) groups is 2. The van der Waals surface area contributed by atoms with Gasteiger partial charge in [-0.1, -0.05) is 88.6 Å². The second kappa shape index (κ2) is 15.1. The highest BCUT2D eigenvalue weighted by Gasteiger charge is 2.42. The maximum atomic E-state index is 13.4. The number of rotatable bonds is 16. The molecule has 2 aromatic carbocycles. The predicted molar refractivity (Wildman–Crippen MR) is 153 cm³/mol. The van der Waals surface area contributed by atoms with Gasteiger partial charge in [-0.3, -0.25) is 9.59 Å². The molecule has 0 aliphatic carbocycles. The molecule has 0 bridgehead atoms. The predicted octanol–water partition coefficient (Wildman–Crippen LogP) is 6.36. The third kappa shape index (κ3) is 7.81. The van der Waals surface area contributed by atoms with Crippen LogP contribution in [0.4, 0.5) is 0 Å².